The van der Waals surface area contributed by atoms with Crippen LogP contribution in [0.2, 0.25) is 0 Å². The van der Waals surface area contributed by atoms with Crippen molar-refractivity contribution in [2.24, 2.45) is 0 Å². The summed E-state index contributed by atoms with van der Waals surface area (Å²) >= 11 is 1.55. The molecule has 0 spiro atoms. The molecule has 7 nitrogen and oxygen atoms in total. The van der Waals surface area contributed by atoms with Gasteiger partial charge in [0.1, 0.15) is 11.1 Å². The van der Waals surface area contributed by atoms with Gasteiger partial charge in [-0.15, -0.1) is 11.8 Å². The summed E-state index contributed by atoms with van der Waals surface area (Å²) in [5.74, 6) is 1.98. The van der Waals surface area contributed by atoms with Gasteiger partial charge in [0.25, 0.3) is 0 Å². The molecular formula is C23H27NO6S. The highest BCUT2D eigenvalue weighted by Crippen LogP contribution is 2.42. The standard InChI is InChI=1S/C23H27NO6S/c1-4-29-22(26)14-30-18-8-6-5-7-17(18)23-24(21(25)15-31-23)12-11-16-9-10-19(27-2)20(13-16)28-3/h5-10,13,23H,4,11-12,14-15H2,1-3H3. The average molecular weight is 446 g/mol. The van der Waals surface area contributed by atoms with Gasteiger partial charge in [-0.05, 0) is 37.1 Å². The maximum absolute atomic E-state index is 12.6. The molecule has 2 aromatic rings. The second kappa shape index (κ2) is 10.9. The number of rotatable bonds is 10. The van der Waals surface area contributed by atoms with Gasteiger partial charge in [0.2, 0.25) is 5.91 Å². The van der Waals surface area contributed by atoms with Crippen LogP contribution < -0.4 is 14.2 Å². The SMILES string of the molecule is CCOC(=O)COc1ccccc1C1SCC(=O)N1CCc1ccc(OC)c(OC)c1. The van der Waals surface area contributed by atoms with E-state index >= 15 is 0 Å². The third-order valence-corrected chi connectivity index (χ3v) is 6.13. The molecule has 166 valence electrons. The molecule has 1 amide bonds. The number of carbonyl (C=O) groups is 2. The van der Waals surface area contributed by atoms with Crippen molar-refractivity contribution in [2.45, 2.75) is 18.7 Å². The highest BCUT2D eigenvalue weighted by Gasteiger charge is 2.34. The van der Waals surface area contributed by atoms with E-state index in [1.54, 1.807) is 32.9 Å². The van der Waals surface area contributed by atoms with Gasteiger partial charge in [0, 0.05) is 12.1 Å². The normalized spacial score (nSPS) is 15.6. The second-order valence-electron chi connectivity index (χ2n) is 6.82. The molecule has 0 saturated carbocycles. The summed E-state index contributed by atoms with van der Waals surface area (Å²) in [4.78, 5) is 26.2. The minimum atomic E-state index is -0.419. The number of thioether (sulfide) groups is 1. The number of methoxy groups -OCH3 is 2. The van der Waals surface area contributed by atoms with Crippen molar-refractivity contribution in [3.8, 4) is 17.2 Å². The monoisotopic (exact) mass is 445 g/mol. The molecule has 31 heavy (non-hydrogen) atoms. The van der Waals surface area contributed by atoms with Crippen molar-refractivity contribution in [3.63, 3.8) is 0 Å². The zero-order chi connectivity index (χ0) is 22.2. The van der Waals surface area contributed by atoms with Crippen LogP contribution in [-0.4, -0.2) is 56.5 Å². The third kappa shape index (κ3) is 5.64. The number of carbonyl (C=O) groups excluding carboxylic acids is 2. The summed E-state index contributed by atoms with van der Waals surface area (Å²) in [5.41, 5.74) is 1.92. The first-order valence-corrected chi connectivity index (χ1v) is 11.1. The lowest BCUT2D eigenvalue weighted by molar-refractivity contribution is -0.145. The molecule has 1 atom stereocenters. The summed E-state index contributed by atoms with van der Waals surface area (Å²) in [7, 11) is 3.20. The Kier molecular flexibility index (Phi) is 8.06. The maximum atomic E-state index is 12.6. The zero-order valence-corrected chi connectivity index (χ0v) is 18.8. The highest BCUT2D eigenvalue weighted by molar-refractivity contribution is 8.00. The van der Waals surface area contributed by atoms with E-state index in [2.05, 4.69) is 0 Å². The van der Waals surface area contributed by atoms with Crippen molar-refractivity contribution in [1.82, 2.24) is 4.90 Å². The van der Waals surface area contributed by atoms with Gasteiger partial charge in [-0.1, -0.05) is 24.3 Å². The molecule has 0 radical (unpaired) electrons. The first kappa shape index (κ1) is 22.8. The lowest BCUT2D eigenvalue weighted by atomic mass is 10.1. The van der Waals surface area contributed by atoms with Crippen molar-refractivity contribution in [2.75, 3.05) is 39.7 Å². The van der Waals surface area contributed by atoms with E-state index in [1.807, 2.05) is 47.4 Å². The molecule has 0 N–H and O–H groups in total. The molecule has 1 aliphatic heterocycles. The van der Waals surface area contributed by atoms with Crippen LogP contribution in [0.5, 0.6) is 17.2 Å². The maximum Gasteiger partial charge on any atom is 0.344 e. The molecule has 1 saturated heterocycles. The van der Waals surface area contributed by atoms with Crippen LogP contribution in [0.15, 0.2) is 42.5 Å². The van der Waals surface area contributed by atoms with Gasteiger partial charge < -0.3 is 23.8 Å². The number of ether oxygens (including phenoxy) is 4. The van der Waals surface area contributed by atoms with E-state index in [0.29, 0.717) is 42.6 Å². The van der Waals surface area contributed by atoms with Gasteiger partial charge in [0.05, 0.1) is 26.6 Å². The van der Waals surface area contributed by atoms with Gasteiger partial charge in [0.15, 0.2) is 18.1 Å². The summed E-state index contributed by atoms with van der Waals surface area (Å²) in [5, 5.41) is -0.175. The zero-order valence-electron chi connectivity index (χ0n) is 18.0. The summed E-state index contributed by atoms with van der Waals surface area (Å²) in [6.07, 6.45) is 0.676. The first-order chi connectivity index (χ1) is 15.1. The van der Waals surface area contributed by atoms with E-state index in [-0.39, 0.29) is 17.9 Å². The summed E-state index contributed by atoms with van der Waals surface area (Å²) in [6.45, 7) is 2.45. The Bertz CT molecular complexity index is 919. The van der Waals surface area contributed by atoms with Crippen molar-refractivity contribution in [3.05, 3.63) is 53.6 Å². The Balaban J connectivity index is 1.73. The predicted molar refractivity (Wildman–Crippen MR) is 119 cm³/mol. The molecular weight excluding hydrogens is 418 g/mol. The fourth-order valence-electron chi connectivity index (χ4n) is 3.39. The van der Waals surface area contributed by atoms with Crippen LogP contribution in [0.1, 0.15) is 23.4 Å². The number of nitrogens with zero attached hydrogens (tertiary/aromatic N) is 1. The highest BCUT2D eigenvalue weighted by atomic mass is 32.2. The third-order valence-electron chi connectivity index (χ3n) is 4.89. The fraction of sp³-hybridized carbons (Fsp3) is 0.391. The van der Waals surface area contributed by atoms with Crippen LogP contribution >= 0.6 is 11.8 Å². The number of hydrogen-bond acceptors (Lipinski definition) is 7. The lowest BCUT2D eigenvalue weighted by Gasteiger charge is -2.26. The van der Waals surface area contributed by atoms with Gasteiger partial charge in [-0.25, -0.2) is 4.79 Å². The van der Waals surface area contributed by atoms with Crippen molar-refractivity contribution < 1.29 is 28.5 Å². The molecule has 1 fully saturated rings. The smallest absolute Gasteiger partial charge is 0.344 e. The van der Waals surface area contributed by atoms with Crippen molar-refractivity contribution >= 4 is 23.6 Å². The minimum absolute atomic E-state index is 0.0793. The first-order valence-electron chi connectivity index (χ1n) is 10.1. The molecule has 3 rings (SSSR count). The predicted octanol–water partition coefficient (Wildman–Crippen LogP) is 3.46. The van der Waals surface area contributed by atoms with Gasteiger partial charge >= 0.3 is 5.97 Å². The summed E-state index contributed by atoms with van der Waals surface area (Å²) in [6, 6.07) is 13.3. The lowest BCUT2D eigenvalue weighted by Crippen LogP contribution is -2.30. The Morgan fingerprint density at radius 2 is 1.87 bits per heavy atom. The molecule has 1 heterocycles. The number of amides is 1. The van der Waals surface area contributed by atoms with Crippen LogP contribution in [0.4, 0.5) is 0 Å². The van der Waals surface area contributed by atoms with Crippen molar-refractivity contribution in [1.29, 1.82) is 0 Å². The molecule has 8 heteroatoms. The van der Waals surface area contributed by atoms with Crippen LogP contribution in [0.3, 0.4) is 0 Å². The molecule has 0 aliphatic carbocycles. The Morgan fingerprint density at radius 3 is 2.61 bits per heavy atom. The van der Waals surface area contributed by atoms with Crippen LogP contribution in [0.25, 0.3) is 0 Å². The minimum Gasteiger partial charge on any atom is -0.493 e. The number of esters is 1. The van der Waals surface area contributed by atoms with E-state index in [1.165, 1.54) is 0 Å². The second-order valence-corrected chi connectivity index (χ2v) is 7.89. The average Bonchev–Trinajstić information content (AvgIpc) is 3.16. The van der Waals surface area contributed by atoms with Gasteiger partial charge in [-0.3, -0.25) is 4.79 Å². The van der Waals surface area contributed by atoms with E-state index in [9.17, 15) is 9.59 Å². The molecule has 0 bridgehead atoms. The van der Waals surface area contributed by atoms with E-state index < -0.39 is 5.97 Å². The Morgan fingerprint density at radius 1 is 1.10 bits per heavy atom. The molecule has 1 unspecified atom stereocenters. The molecule has 1 aliphatic rings. The van der Waals surface area contributed by atoms with E-state index in [4.69, 9.17) is 18.9 Å². The summed E-state index contributed by atoms with van der Waals surface area (Å²) < 4.78 is 21.3. The Labute approximate surface area is 186 Å². The number of benzene rings is 2. The van der Waals surface area contributed by atoms with E-state index in [0.717, 1.165) is 11.1 Å². The quantitative estimate of drug-likeness (QED) is 0.519. The largest absolute Gasteiger partial charge is 0.493 e. The molecule has 2 aromatic carbocycles. The van der Waals surface area contributed by atoms with Crippen LogP contribution in [-0.2, 0) is 20.7 Å². The number of para-hydroxylation sites is 1. The molecule has 0 aromatic heterocycles. The Hall–Kier alpha value is -2.87. The van der Waals surface area contributed by atoms with Crippen LogP contribution in [0, 0.1) is 0 Å². The fourth-order valence-corrected chi connectivity index (χ4v) is 4.64. The number of hydrogen-bond donors (Lipinski definition) is 0. The van der Waals surface area contributed by atoms with Gasteiger partial charge in [-0.2, -0.15) is 0 Å². The topological polar surface area (TPSA) is 74.3 Å².